The van der Waals surface area contributed by atoms with E-state index in [4.69, 9.17) is 5.73 Å². The summed E-state index contributed by atoms with van der Waals surface area (Å²) in [7, 11) is 0. The molecule has 0 unspecified atom stereocenters. The summed E-state index contributed by atoms with van der Waals surface area (Å²) in [5, 5.41) is 2.63. The van der Waals surface area contributed by atoms with Crippen molar-refractivity contribution in [2.24, 2.45) is 5.73 Å². The van der Waals surface area contributed by atoms with E-state index in [9.17, 15) is 9.59 Å². The van der Waals surface area contributed by atoms with E-state index in [1.807, 2.05) is 13.8 Å². The van der Waals surface area contributed by atoms with Gasteiger partial charge in [-0.05, 0) is 13.8 Å². The zero-order valence-electron chi connectivity index (χ0n) is 9.58. The highest BCUT2D eigenvalue weighted by Gasteiger charge is 2.11. The van der Waals surface area contributed by atoms with Crippen LogP contribution in [0.1, 0.15) is 26.7 Å². The first-order chi connectivity index (χ1) is 7.15. The molecule has 0 saturated carbocycles. The molecule has 5 heteroatoms. The molecule has 0 atom stereocenters. The van der Waals surface area contributed by atoms with Crippen molar-refractivity contribution < 1.29 is 9.59 Å². The van der Waals surface area contributed by atoms with Gasteiger partial charge in [-0.15, -0.1) is 0 Å². The molecule has 5 nitrogen and oxygen atoms in total. The van der Waals surface area contributed by atoms with Crippen molar-refractivity contribution in [3.63, 3.8) is 0 Å². The second kappa shape index (κ2) is 8.23. The average Bonchev–Trinajstić information content (AvgIpc) is 2.25. The van der Waals surface area contributed by atoms with Gasteiger partial charge in [0.25, 0.3) is 0 Å². The van der Waals surface area contributed by atoms with Gasteiger partial charge in [0.05, 0.1) is 0 Å². The van der Waals surface area contributed by atoms with E-state index in [2.05, 4.69) is 5.32 Å². The minimum absolute atomic E-state index is 0.0305. The van der Waals surface area contributed by atoms with Crippen molar-refractivity contribution in [3.05, 3.63) is 0 Å². The van der Waals surface area contributed by atoms with Crippen molar-refractivity contribution in [2.75, 3.05) is 26.2 Å². The van der Waals surface area contributed by atoms with Gasteiger partial charge in [-0.1, -0.05) is 0 Å². The lowest BCUT2D eigenvalue weighted by atomic mass is 10.2. The van der Waals surface area contributed by atoms with Gasteiger partial charge < -0.3 is 16.0 Å². The van der Waals surface area contributed by atoms with Crippen LogP contribution in [0.25, 0.3) is 0 Å². The number of nitrogens with zero attached hydrogens (tertiary/aromatic N) is 1. The van der Waals surface area contributed by atoms with E-state index in [-0.39, 0.29) is 24.7 Å². The molecule has 15 heavy (non-hydrogen) atoms. The van der Waals surface area contributed by atoms with E-state index in [0.717, 1.165) is 0 Å². The Hall–Kier alpha value is -1.10. The van der Waals surface area contributed by atoms with E-state index in [1.54, 1.807) is 4.90 Å². The van der Waals surface area contributed by atoms with Gasteiger partial charge in [-0.25, -0.2) is 0 Å². The molecule has 0 aromatic heterocycles. The molecule has 0 aliphatic carbocycles. The summed E-state index contributed by atoms with van der Waals surface area (Å²) in [5.74, 6) is -0.0798. The van der Waals surface area contributed by atoms with Gasteiger partial charge in [0.15, 0.2) is 0 Å². The molecule has 0 aliphatic heterocycles. The first-order valence-electron chi connectivity index (χ1n) is 5.40. The predicted molar refractivity (Wildman–Crippen MR) is 59.2 cm³/mol. The Bertz CT molecular complexity index is 203. The van der Waals surface area contributed by atoms with Crippen LogP contribution in [-0.4, -0.2) is 42.9 Å². The number of rotatable bonds is 7. The first-order valence-corrected chi connectivity index (χ1v) is 5.40. The fourth-order valence-electron chi connectivity index (χ4n) is 1.25. The van der Waals surface area contributed by atoms with Gasteiger partial charge in [-0.2, -0.15) is 0 Å². The highest BCUT2D eigenvalue weighted by molar-refractivity contribution is 5.83. The fraction of sp³-hybridized carbons (Fsp3) is 0.800. The molecule has 0 aromatic rings. The quantitative estimate of drug-likeness (QED) is 0.613. The van der Waals surface area contributed by atoms with Crippen LogP contribution >= 0.6 is 0 Å². The zero-order valence-corrected chi connectivity index (χ0v) is 9.58. The topological polar surface area (TPSA) is 75.4 Å². The molecule has 0 spiro atoms. The van der Waals surface area contributed by atoms with Crippen LogP contribution in [0.2, 0.25) is 0 Å². The Morgan fingerprint density at radius 2 is 1.80 bits per heavy atom. The minimum Gasteiger partial charge on any atom is -0.355 e. The highest BCUT2D eigenvalue weighted by Crippen LogP contribution is 1.97. The molecule has 3 N–H and O–H groups in total. The lowest BCUT2D eigenvalue weighted by Crippen LogP contribution is -2.33. The Labute approximate surface area is 91.0 Å². The lowest BCUT2D eigenvalue weighted by molar-refractivity contribution is -0.133. The maximum absolute atomic E-state index is 11.5. The summed E-state index contributed by atoms with van der Waals surface area (Å²) in [6.45, 7) is 6.14. The molecular weight excluding hydrogens is 194 g/mol. The van der Waals surface area contributed by atoms with Crippen molar-refractivity contribution in [2.45, 2.75) is 26.7 Å². The highest BCUT2D eigenvalue weighted by atomic mass is 16.2. The molecule has 0 aliphatic rings. The number of carbonyl (C=O) groups excluding carboxylic acids is 2. The van der Waals surface area contributed by atoms with Crippen LogP contribution in [0.3, 0.4) is 0 Å². The molecule has 88 valence electrons. The van der Waals surface area contributed by atoms with E-state index in [1.165, 1.54) is 0 Å². The van der Waals surface area contributed by atoms with Gasteiger partial charge in [0.1, 0.15) is 0 Å². The minimum atomic E-state index is -0.110. The number of nitrogens with two attached hydrogens (primary N) is 1. The van der Waals surface area contributed by atoms with E-state index in [0.29, 0.717) is 26.2 Å². The standard InChI is InChI=1S/C10H21N3O2/c1-3-13(4-2)10(15)6-5-9(14)12-8-7-11/h3-8,11H2,1-2H3,(H,12,14). The SMILES string of the molecule is CCN(CC)C(=O)CCC(=O)NCCN. The monoisotopic (exact) mass is 215 g/mol. The van der Waals surface area contributed by atoms with Crippen LogP contribution in [-0.2, 0) is 9.59 Å². The lowest BCUT2D eigenvalue weighted by Gasteiger charge is -2.18. The van der Waals surface area contributed by atoms with Crippen molar-refractivity contribution in [1.29, 1.82) is 0 Å². The number of carbonyl (C=O) groups is 2. The van der Waals surface area contributed by atoms with Crippen molar-refractivity contribution >= 4 is 11.8 Å². The van der Waals surface area contributed by atoms with E-state index >= 15 is 0 Å². The summed E-state index contributed by atoms with van der Waals surface area (Å²) in [6.07, 6.45) is 0.521. The number of hydrogen-bond donors (Lipinski definition) is 2. The Kier molecular flexibility index (Phi) is 7.62. The summed E-state index contributed by atoms with van der Waals surface area (Å²) < 4.78 is 0. The van der Waals surface area contributed by atoms with E-state index < -0.39 is 0 Å². The second-order valence-electron chi connectivity index (χ2n) is 3.20. The van der Waals surface area contributed by atoms with Crippen molar-refractivity contribution in [3.8, 4) is 0 Å². The second-order valence-corrected chi connectivity index (χ2v) is 3.20. The third kappa shape index (κ3) is 6.06. The third-order valence-electron chi connectivity index (χ3n) is 2.15. The smallest absolute Gasteiger partial charge is 0.223 e. The molecule has 0 saturated heterocycles. The molecular formula is C10H21N3O2. The molecule has 0 bridgehead atoms. The average molecular weight is 215 g/mol. The zero-order chi connectivity index (χ0) is 11.7. The maximum Gasteiger partial charge on any atom is 0.223 e. The summed E-state index contributed by atoms with van der Waals surface area (Å²) in [4.78, 5) is 24.4. The number of amides is 2. The molecule has 0 fully saturated rings. The van der Waals surface area contributed by atoms with Crippen molar-refractivity contribution in [1.82, 2.24) is 10.2 Å². The molecule has 2 amide bonds. The number of nitrogens with one attached hydrogen (secondary N) is 1. The predicted octanol–water partition coefficient (Wildman–Crippen LogP) is -0.290. The third-order valence-corrected chi connectivity index (χ3v) is 2.15. The van der Waals surface area contributed by atoms with Crippen LogP contribution < -0.4 is 11.1 Å². The normalized spacial score (nSPS) is 9.80. The Balaban J connectivity index is 3.74. The van der Waals surface area contributed by atoms with Crippen LogP contribution in [0.5, 0.6) is 0 Å². The molecule has 0 rings (SSSR count). The Morgan fingerprint density at radius 1 is 1.20 bits per heavy atom. The van der Waals surface area contributed by atoms with Gasteiger partial charge >= 0.3 is 0 Å². The number of hydrogen-bond acceptors (Lipinski definition) is 3. The molecule has 0 radical (unpaired) electrons. The fourth-order valence-corrected chi connectivity index (χ4v) is 1.25. The van der Waals surface area contributed by atoms with Gasteiger partial charge in [0.2, 0.25) is 11.8 Å². The largest absolute Gasteiger partial charge is 0.355 e. The molecule has 0 aromatic carbocycles. The Morgan fingerprint density at radius 3 is 2.27 bits per heavy atom. The van der Waals surface area contributed by atoms with Gasteiger partial charge in [-0.3, -0.25) is 9.59 Å². The van der Waals surface area contributed by atoms with Crippen LogP contribution in [0.4, 0.5) is 0 Å². The first kappa shape index (κ1) is 13.9. The maximum atomic E-state index is 11.5. The summed E-state index contributed by atoms with van der Waals surface area (Å²) >= 11 is 0. The van der Waals surface area contributed by atoms with Crippen LogP contribution in [0, 0.1) is 0 Å². The summed E-state index contributed by atoms with van der Waals surface area (Å²) in [5.41, 5.74) is 5.23. The summed E-state index contributed by atoms with van der Waals surface area (Å²) in [6, 6.07) is 0. The van der Waals surface area contributed by atoms with Crippen LogP contribution in [0.15, 0.2) is 0 Å². The molecule has 0 heterocycles. The van der Waals surface area contributed by atoms with Gasteiger partial charge in [0, 0.05) is 39.0 Å².